The number of piperidine rings is 1. The minimum Gasteiger partial charge on any atom is -0.383 e. The summed E-state index contributed by atoms with van der Waals surface area (Å²) in [6, 6.07) is 12.0. The molecule has 194 valence electrons. The number of likely N-dealkylation sites (tertiary alicyclic amines) is 1. The summed E-state index contributed by atoms with van der Waals surface area (Å²) in [6.07, 6.45) is 5.29. The molecule has 0 spiro atoms. The van der Waals surface area contributed by atoms with Crippen molar-refractivity contribution in [2.45, 2.75) is 38.6 Å². The fraction of sp³-hybridized carbons (Fsp3) is 0.276. The molecule has 0 aliphatic carbocycles. The highest BCUT2D eigenvalue weighted by atomic mass is 19.1. The standard InChI is InChI=1S/C29H29FN6O2/c1-3-25(38)35-14-4-5-22(16-35)36-29-26(28(31)32-17-33-29)27(34-36)20-10-7-19(8-11-20)9-13-24(37)23-15-21(30)12-6-18(23)2/h3,6-8,10-12,15,17,22H,1,4-5,9,13-14,16H2,2H3,(H2,31,32,33). The Bertz CT molecular complexity index is 1530. The molecular weight excluding hydrogens is 483 g/mol. The van der Waals surface area contributed by atoms with E-state index in [1.165, 1.54) is 24.5 Å². The van der Waals surface area contributed by atoms with Crippen molar-refractivity contribution in [1.82, 2.24) is 24.6 Å². The van der Waals surface area contributed by atoms with Gasteiger partial charge in [0.2, 0.25) is 5.91 Å². The topological polar surface area (TPSA) is 107 Å². The molecule has 1 fully saturated rings. The lowest BCUT2D eigenvalue weighted by atomic mass is 9.98. The maximum Gasteiger partial charge on any atom is 0.246 e. The van der Waals surface area contributed by atoms with Crippen LogP contribution in [0.5, 0.6) is 0 Å². The molecule has 1 amide bonds. The Morgan fingerprint density at radius 3 is 2.74 bits per heavy atom. The third-order valence-corrected chi connectivity index (χ3v) is 7.11. The first-order valence-electron chi connectivity index (χ1n) is 12.6. The van der Waals surface area contributed by atoms with Crippen molar-refractivity contribution in [1.29, 1.82) is 0 Å². The van der Waals surface area contributed by atoms with E-state index in [1.54, 1.807) is 11.0 Å². The van der Waals surface area contributed by atoms with Gasteiger partial charge in [-0.05, 0) is 55.5 Å². The number of nitrogens with two attached hydrogens (primary N) is 1. The van der Waals surface area contributed by atoms with Gasteiger partial charge in [-0.15, -0.1) is 0 Å². The number of nitrogen functional groups attached to an aromatic ring is 1. The summed E-state index contributed by atoms with van der Waals surface area (Å²) >= 11 is 0. The van der Waals surface area contributed by atoms with Crippen molar-refractivity contribution < 1.29 is 14.0 Å². The van der Waals surface area contributed by atoms with Crippen LogP contribution in [0.3, 0.4) is 0 Å². The number of ketones is 1. The predicted octanol–water partition coefficient (Wildman–Crippen LogP) is 4.69. The number of nitrogens with zero attached hydrogens (tertiary/aromatic N) is 5. The van der Waals surface area contributed by atoms with Gasteiger partial charge in [0.25, 0.3) is 0 Å². The van der Waals surface area contributed by atoms with E-state index in [1.807, 2.05) is 35.9 Å². The first kappa shape index (κ1) is 25.3. The lowest BCUT2D eigenvalue weighted by Gasteiger charge is -2.32. The van der Waals surface area contributed by atoms with Gasteiger partial charge in [-0.25, -0.2) is 19.0 Å². The number of halogens is 1. The monoisotopic (exact) mass is 512 g/mol. The van der Waals surface area contributed by atoms with Crippen molar-refractivity contribution in [3.05, 3.63) is 84.0 Å². The van der Waals surface area contributed by atoms with Crippen LogP contribution in [0.4, 0.5) is 10.2 Å². The van der Waals surface area contributed by atoms with Crippen LogP contribution in [-0.4, -0.2) is 49.4 Å². The molecule has 4 aromatic rings. The zero-order valence-electron chi connectivity index (χ0n) is 21.2. The van der Waals surface area contributed by atoms with Crippen LogP contribution in [0.2, 0.25) is 0 Å². The highest BCUT2D eigenvalue weighted by Gasteiger charge is 2.28. The Kier molecular flexibility index (Phi) is 7.00. The Hall–Kier alpha value is -4.40. The second-order valence-corrected chi connectivity index (χ2v) is 9.61. The largest absolute Gasteiger partial charge is 0.383 e. The van der Waals surface area contributed by atoms with E-state index < -0.39 is 5.82 Å². The molecule has 2 aromatic carbocycles. The van der Waals surface area contributed by atoms with Crippen LogP contribution in [0.25, 0.3) is 22.3 Å². The van der Waals surface area contributed by atoms with Crippen molar-refractivity contribution in [2.75, 3.05) is 18.8 Å². The molecule has 2 N–H and O–H groups in total. The molecule has 0 radical (unpaired) electrons. The number of hydrogen-bond acceptors (Lipinski definition) is 6. The number of carbonyl (C=O) groups is 2. The van der Waals surface area contributed by atoms with E-state index in [0.717, 1.165) is 29.5 Å². The molecule has 1 aliphatic heterocycles. The molecule has 1 unspecified atom stereocenters. The van der Waals surface area contributed by atoms with Gasteiger partial charge in [-0.3, -0.25) is 9.59 Å². The van der Waals surface area contributed by atoms with Crippen molar-refractivity contribution in [3.8, 4) is 11.3 Å². The SMILES string of the molecule is C=CC(=O)N1CCCC(n2nc(-c3ccc(CCC(=O)c4cc(F)ccc4C)cc3)c3c(N)ncnc32)C1. The molecule has 1 atom stereocenters. The molecule has 0 saturated carbocycles. The number of aromatic nitrogens is 4. The zero-order valence-corrected chi connectivity index (χ0v) is 21.2. The van der Waals surface area contributed by atoms with Gasteiger partial charge in [-0.2, -0.15) is 5.10 Å². The van der Waals surface area contributed by atoms with Gasteiger partial charge in [0.05, 0.1) is 11.4 Å². The van der Waals surface area contributed by atoms with Crippen molar-refractivity contribution >= 4 is 28.5 Å². The number of aryl methyl sites for hydroxylation is 2. The maximum atomic E-state index is 13.6. The first-order valence-corrected chi connectivity index (χ1v) is 12.6. The number of amides is 1. The summed E-state index contributed by atoms with van der Waals surface area (Å²) in [6.45, 7) is 6.62. The number of rotatable bonds is 7. The summed E-state index contributed by atoms with van der Waals surface area (Å²) in [5.74, 6) is -0.253. The molecule has 2 aromatic heterocycles. The highest BCUT2D eigenvalue weighted by Crippen LogP contribution is 2.34. The van der Waals surface area contributed by atoms with E-state index in [2.05, 4.69) is 16.5 Å². The minimum absolute atomic E-state index is 0.0465. The van der Waals surface area contributed by atoms with Gasteiger partial charge in [0, 0.05) is 30.6 Å². The lowest BCUT2D eigenvalue weighted by Crippen LogP contribution is -2.40. The zero-order chi connectivity index (χ0) is 26.8. The Morgan fingerprint density at radius 1 is 1.18 bits per heavy atom. The summed E-state index contributed by atoms with van der Waals surface area (Å²) < 4.78 is 15.5. The molecule has 38 heavy (non-hydrogen) atoms. The summed E-state index contributed by atoms with van der Waals surface area (Å²) in [5.41, 5.74) is 10.6. The van der Waals surface area contributed by atoms with Crippen LogP contribution >= 0.6 is 0 Å². The third kappa shape index (κ3) is 4.91. The van der Waals surface area contributed by atoms with Gasteiger partial charge >= 0.3 is 0 Å². The average molecular weight is 513 g/mol. The van der Waals surface area contributed by atoms with E-state index in [9.17, 15) is 14.0 Å². The van der Waals surface area contributed by atoms with E-state index in [4.69, 9.17) is 10.8 Å². The number of hydrogen-bond donors (Lipinski definition) is 1. The van der Waals surface area contributed by atoms with Crippen LogP contribution < -0.4 is 5.73 Å². The summed E-state index contributed by atoms with van der Waals surface area (Å²) in [4.78, 5) is 35.3. The highest BCUT2D eigenvalue weighted by molar-refractivity contribution is 5.99. The molecule has 5 rings (SSSR count). The number of benzene rings is 2. The summed E-state index contributed by atoms with van der Waals surface area (Å²) in [5, 5.41) is 5.58. The van der Waals surface area contributed by atoms with Gasteiger partial charge in [0.1, 0.15) is 23.7 Å². The maximum absolute atomic E-state index is 13.6. The smallest absolute Gasteiger partial charge is 0.246 e. The van der Waals surface area contributed by atoms with Crippen LogP contribution in [0.1, 0.15) is 46.8 Å². The molecule has 1 aliphatic rings. The fourth-order valence-corrected chi connectivity index (χ4v) is 5.05. The molecule has 1 saturated heterocycles. The Labute approximate surface area is 220 Å². The van der Waals surface area contributed by atoms with Crippen LogP contribution in [0.15, 0.2) is 61.4 Å². The van der Waals surface area contributed by atoms with Crippen LogP contribution in [0, 0.1) is 12.7 Å². The second-order valence-electron chi connectivity index (χ2n) is 9.61. The molecule has 9 heteroatoms. The number of carbonyl (C=O) groups excluding carboxylic acids is 2. The van der Waals surface area contributed by atoms with Crippen molar-refractivity contribution in [2.24, 2.45) is 0 Å². The van der Waals surface area contributed by atoms with E-state index in [-0.39, 0.29) is 24.2 Å². The number of fused-ring (bicyclic) bond motifs is 1. The fourth-order valence-electron chi connectivity index (χ4n) is 5.05. The van der Waals surface area contributed by atoms with Gasteiger partial charge in [0.15, 0.2) is 11.4 Å². The Morgan fingerprint density at radius 2 is 1.97 bits per heavy atom. The molecule has 3 heterocycles. The molecule has 0 bridgehead atoms. The normalized spacial score (nSPS) is 15.5. The van der Waals surface area contributed by atoms with Gasteiger partial charge in [-0.1, -0.05) is 36.9 Å². The third-order valence-electron chi connectivity index (χ3n) is 7.11. The average Bonchev–Trinajstić information content (AvgIpc) is 3.34. The molecule has 8 nitrogen and oxygen atoms in total. The summed E-state index contributed by atoms with van der Waals surface area (Å²) in [7, 11) is 0. The molecular formula is C29H29FN6O2. The predicted molar refractivity (Wildman–Crippen MR) is 144 cm³/mol. The number of anilines is 1. The lowest BCUT2D eigenvalue weighted by molar-refractivity contribution is -0.127. The second kappa shape index (κ2) is 10.5. The first-order chi connectivity index (χ1) is 18.4. The number of Topliss-reactive ketones (excluding diaryl/α,β-unsaturated/α-hetero) is 1. The van der Waals surface area contributed by atoms with E-state index in [0.29, 0.717) is 47.6 Å². The quantitative estimate of drug-likeness (QED) is 0.284. The minimum atomic E-state index is -0.411. The van der Waals surface area contributed by atoms with Gasteiger partial charge < -0.3 is 10.6 Å². The van der Waals surface area contributed by atoms with Crippen molar-refractivity contribution in [3.63, 3.8) is 0 Å². The van der Waals surface area contributed by atoms with E-state index >= 15 is 0 Å². The Balaban J connectivity index is 1.39. The van der Waals surface area contributed by atoms with Crippen LogP contribution in [-0.2, 0) is 11.2 Å².